The standard InChI is InChI=1S/C17H22ClN5O4S/c1-11-16(13(3)27-20-11)28(25,26)21-12(2)17(24)23-8-6-22(7-9-23)15-5-4-14(18)10-19-15/h4-5,10,12,21H,6-9H2,1-3H3/t12-/m0/s1. The second kappa shape index (κ2) is 8.06. The van der Waals surface area contributed by atoms with Gasteiger partial charge in [0.2, 0.25) is 15.9 Å². The molecule has 2 aromatic heterocycles. The average Bonchev–Trinajstić information content (AvgIpc) is 3.00. The summed E-state index contributed by atoms with van der Waals surface area (Å²) in [6.45, 7) is 6.74. The maximum atomic E-state index is 12.7. The lowest BCUT2D eigenvalue weighted by atomic mass is 10.2. The number of carbonyl (C=O) groups excluding carboxylic acids is 1. The molecule has 2 aromatic rings. The first-order valence-electron chi connectivity index (χ1n) is 8.79. The molecular weight excluding hydrogens is 406 g/mol. The Labute approximate surface area is 168 Å². The topological polar surface area (TPSA) is 109 Å². The number of carbonyl (C=O) groups is 1. The number of sulfonamides is 1. The monoisotopic (exact) mass is 427 g/mol. The third-order valence-electron chi connectivity index (χ3n) is 4.57. The van der Waals surface area contributed by atoms with Gasteiger partial charge < -0.3 is 14.3 Å². The summed E-state index contributed by atoms with van der Waals surface area (Å²) in [5, 5.41) is 4.22. The number of nitrogens with one attached hydrogen (secondary N) is 1. The van der Waals surface area contributed by atoms with E-state index in [9.17, 15) is 13.2 Å². The number of anilines is 1. The van der Waals surface area contributed by atoms with E-state index in [4.69, 9.17) is 16.1 Å². The molecule has 1 saturated heterocycles. The summed E-state index contributed by atoms with van der Waals surface area (Å²) >= 11 is 5.86. The molecule has 3 rings (SSSR count). The summed E-state index contributed by atoms with van der Waals surface area (Å²) in [4.78, 5) is 20.7. The number of nitrogens with zero attached hydrogens (tertiary/aromatic N) is 4. The Morgan fingerprint density at radius 3 is 2.46 bits per heavy atom. The normalized spacial score (nSPS) is 16.3. The molecule has 1 atom stereocenters. The Bertz CT molecular complexity index is 933. The molecule has 28 heavy (non-hydrogen) atoms. The van der Waals surface area contributed by atoms with Crippen LogP contribution in [0.25, 0.3) is 0 Å². The van der Waals surface area contributed by atoms with Gasteiger partial charge in [0.15, 0.2) is 5.76 Å². The predicted molar refractivity (Wildman–Crippen MR) is 104 cm³/mol. The van der Waals surface area contributed by atoms with Crippen molar-refractivity contribution >= 4 is 33.3 Å². The first kappa shape index (κ1) is 20.6. The van der Waals surface area contributed by atoms with Crippen molar-refractivity contribution < 1.29 is 17.7 Å². The molecular formula is C17H22ClN5O4S. The number of rotatable bonds is 5. The zero-order chi connectivity index (χ0) is 20.5. The van der Waals surface area contributed by atoms with E-state index in [0.717, 1.165) is 5.82 Å². The number of hydrogen-bond acceptors (Lipinski definition) is 7. The first-order chi connectivity index (χ1) is 13.2. The molecule has 0 unspecified atom stereocenters. The molecule has 3 heterocycles. The molecule has 0 saturated carbocycles. The van der Waals surface area contributed by atoms with Crippen LogP contribution in [-0.2, 0) is 14.8 Å². The fraction of sp³-hybridized carbons (Fsp3) is 0.471. The molecule has 9 nitrogen and oxygen atoms in total. The number of amides is 1. The van der Waals surface area contributed by atoms with Crippen LogP contribution < -0.4 is 9.62 Å². The highest BCUT2D eigenvalue weighted by molar-refractivity contribution is 7.89. The minimum absolute atomic E-state index is 0.0224. The smallest absolute Gasteiger partial charge is 0.246 e. The number of halogens is 1. The van der Waals surface area contributed by atoms with Gasteiger partial charge in [-0.25, -0.2) is 13.4 Å². The minimum Gasteiger partial charge on any atom is -0.360 e. The summed E-state index contributed by atoms with van der Waals surface area (Å²) in [7, 11) is -3.91. The molecule has 0 aromatic carbocycles. The lowest BCUT2D eigenvalue weighted by Gasteiger charge is -2.36. The molecule has 0 aliphatic carbocycles. The number of aromatic nitrogens is 2. The van der Waals surface area contributed by atoms with E-state index in [1.54, 1.807) is 24.1 Å². The zero-order valence-corrected chi connectivity index (χ0v) is 17.4. The van der Waals surface area contributed by atoms with Gasteiger partial charge in [-0.1, -0.05) is 16.8 Å². The summed E-state index contributed by atoms with van der Waals surface area (Å²) in [6.07, 6.45) is 1.58. The van der Waals surface area contributed by atoms with E-state index in [2.05, 4.69) is 19.8 Å². The maximum absolute atomic E-state index is 12.7. The van der Waals surface area contributed by atoms with Crippen molar-refractivity contribution in [2.45, 2.75) is 31.7 Å². The van der Waals surface area contributed by atoms with Crippen molar-refractivity contribution in [1.82, 2.24) is 19.8 Å². The van der Waals surface area contributed by atoms with Crippen LogP contribution in [0, 0.1) is 13.8 Å². The Morgan fingerprint density at radius 2 is 1.93 bits per heavy atom. The van der Waals surface area contributed by atoms with E-state index < -0.39 is 16.1 Å². The van der Waals surface area contributed by atoms with Gasteiger partial charge in [-0.2, -0.15) is 4.72 Å². The van der Waals surface area contributed by atoms with E-state index in [1.807, 2.05) is 6.07 Å². The number of hydrogen-bond donors (Lipinski definition) is 1. The highest BCUT2D eigenvalue weighted by atomic mass is 35.5. The Hall–Kier alpha value is -2.17. The van der Waals surface area contributed by atoms with Crippen molar-refractivity contribution in [3.8, 4) is 0 Å². The second-order valence-corrected chi connectivity index (χ2v) is 8.73. The molecule has 1 aliphatic rings. The van der Waals surface area contributed by atoms with Gasteiger partial charge in [0.05, 0.1) is 11.1 Å². The summed E-state index contributed by atoms with van der Waals surface area (Å²) < 4.78 is 32.5. The quantitative estimate of drug-likeness (QED) is 0.767. The highest BCUT2D eigenvalue weighted by Crippen LogP contribution is 2.20. The maximum Gasteiger partial charge on any atom is 0.246 e. The molecule has 1 amide bonds. The van der Waals surface area contributed by atoms with Crippen LogP contribution in [0.1, 0.15) is 18.4 Å². The minimum atomic E-state index is -3.91. The fourth-order valence-corrected chi connectivity index (χ4v) is 4.82. The van der Waals surface area contributed by atoms with Crippen LogP contribution in [0.3, 0.4) is 0 Å². The Balaban J connectivity index is 1.61. The van der Waals surface area contributed by atoms with E-state index in [-0.39, 0.29) is 22.3 Å². The van der Waals surface area contributed by atoms with Gasteiger partial charge in [0.25, 0.3) is 0 Å². The van der Waals surface area contributed by atoms with Crippen molar-refractivity contribution in [3.05, 3.63) is 34.8 Å². The lowest BCUT2D eigenvalue weighted by molar-refractivity contribution is -0.132. The van der Waals surface area contributed by atoms with E-state index in [1.165, 1.54) is 13.8 Å². The summed E-state index contributed by atoms with van der Waals surface area (Å²) in [5.74, 6) is 0.705. The van der Waals surface area contributed by atoms with Crippen LogP contribution in [0.5, 0.6) is 0 Å². The zero-order valence-electron chi connectivity index (χ0n) is 15.8. The third kappa shape index (κ3) is 4.29. The van der Waals surface area contributed by atoms with Gasteiger partial charge in [0.1, 0.15) is 16.4 Å². The number of aryl methyl sites for hydroxylation is 2. The van der Waals surface area contributed by atoms with Gasteiger partial charge >= 0.3 is 0 Å². The Morgan fingerprint density at radius 1 is 1.25 bits per heavy atom. The average molecular weight is 428 g/mol. The molecule has 11 heteroatoms. The summed E-state index contributed by atoms with van der Waals surface area (Å²) in [6, 6.07) is 2.70. The van der Waals surface area contributed by atoms with Crippen molar-refractivity contribution in [1.29, 1.82) is 0 Å². The first-order valence-corrected chi connectivity index (χ1v) is 10.7. The SMILES string of the molecule is Cc1noc(C)c1S(=O)(=O)N[C@@H](C)C(=O)N1CCN(c2ccc(Cl)cn2)CC1. The molecule has 0 spiro atoms. The Kier molecular flexibility index (Phi) is 5.92. The van der Waals surface area contributed by atoms with E-state index >= 15 is 0 Å². The number of piperazine rings is 1. The molecule has 0 bridgehead atoms. The number of pyridine rings is 1. The van der Waals surface area contributed by atoms with Crippen molar-refractivity contribution in [2.75, 3.05) is 31.1 Å². The van der Waals surface area contributed by atoms with Gasteiger partial charge in [0, 0.05) is 32.4 Å². The largest absolute Gasteiger partial charge is 0.360 e. The fourth-order valence-electron chi connectivity index (χ4n) is 3.19. The highest BCUT2D eigenvalue weighted by Gasteiger charge is 2.31. The van der Waals surface area contributed by atoms with Crippen molar-refractivity contribution in [3.63, 3.8) is 0 Å². The van der Waals surface area contributed by atoms with Crippen LogP contribution >= 0.6 is 11.6 Å². The summed E-state index contributed by atoms with van der Waals surface area (Å²) in [5.41, 5.74) is 0.258. The van der Waals surface area contributed by atoms with Crippen LogP contribution in [0.2, 0.25) is 5.02 Å². The molecule has 1 aliphatic heterocycles. The predicted octanol–water partition coefficient (Wildman–Crippen LogP) is 1.36. The van der Waals surface area contributed by atoms with Crippen LogP contribution in [0.4, 0.5) is 5.82 Å². The molecule has 0 radical (unpaired) electrons. The molecule has 1 N–H and O–H groups in total. The van der Waals surface area contributed by atoms with Crippen LogP contribution in [-0.4, -0.2) is 61.6 Å². The second-order valence-electron chi connectivity index (χ2n) is 6.64. The lowest BCUT2D eigenvalue weighted by Crippen LogP contribution is -2.54. The van der Waals surface area contributed by atoms with Crippen molar-refractivity contribution in [2.24, 2.45) is 0 Å². The van der Waals surface area contributed by atoms with Gasteiger partial charge in [-0.15, -0.1) is 0 Å². The molecule has 152 valence electrons. The third-order valence-corrected chi connectivity index (χ3v) is 6.57. The van der Waals surface area contributed by atoms with E-state index in [0.29, 0.717) is 31.2 Å². The van der Waals surface area contributed by atoms with Crippen LogP contribution in [0.15, 0.2) is 27.7 Å². The van der Waals surface area contributed by atoms with Gasteiger partial charge in [-0.3, -0.25) is 4.79 Å². The molecule has 1 fully saturated rings. The van der Waals surface area contributed by atoms with Gasteiger partial charge in [-0.05, 0) is 32.9 Å².